The minimum atomic E-state index is -0.206. The third-order valence-corrected chi connectivity index (χ3v) is 4.21. The molecule has 1 unspecified atom stereocenters. The Morgan fingerprint density at radius 1 is 1.27 bits per heavy atom. The summed E-state index contributed by atoms with van der Waals surface area (Å²) >= 11 is 1.85. The van der Waals surface area contributed by atoms with Gasteiger partial charge in [0.05, 0.1) is 5.60 Å². The standard InChI is InChI=1S/C16H27N3OS.HI/c1-13(21-14-9-7-6-8-10-14)11-18-15(17-4)19-12-16(2,3)20-5;/h6-10,13H,11-12H2,1-5H3,(H2,17,18,19);1H. The summed E-state index contributed by atoms with van der Waals surface area (Å²) < 4.78 is 5.39. The Labute approximate surface area is 155 Å². The summed E-state index contributed by atoms with van der Waals surface area (Å²) in [6, 6.07) is 10.4. The first-order chi connectivity index (χ1) is 9.96. The van der Waals surface area contributed by atoms with E-state index in [1.54, 1.807) is 14.2 Å². The zero-order valence-electron chi connectivity index (χ0n) is 14.1. The van der Waals surface area contributed by atoms with Gasteiger partial charge in [-0.3, -0.25) is 4.99 Å². The second-order valence-electron chi connectivity index (χ2n) is 5.51. The Hall–Kier alpha value is -0.470. The van der Waals surface area contributed by atoms with E-state index in [4.69, 9.17) is 4.74 Å². The molecule has 0 spiro atoms. The molecule has 0 saturated carbocycles. The molecule has 0 radical (unpaired) electrons. The maximum Gasteiger partial charge on any atom is 0.191 e. The zero-order valence-corrected chi connectivity index (χ0v) is 17.2. The summed E-state index contributed by atoms with van der Waals surface area (Å²) in [7, 11) is 3.50. The van der Waals surface area contributed by atoms with Gasteiger partial charge in [0.1, 0.15) is 0 Å². The second-order valence-corrected chi connectivity index (χ2v) is 7.02. The zero-order chi connectivity index (χ0) is 15.7. The van der Waals surface area contributed by atoms with Crippen molar-refractivity contribution in [1.82, 2.24) is 10.6 Å². The van der Waals surface area contributed by atoms with Crippen LogP contribution in [0.5, 0.6) is 0 Å². The van der Waals surface area contributed by atoms with Crippen LogP contribution in [0, 0.1) is 0 Å². The fourth-order valence-corrected chi connectivity index (χ4v) is 2.55. The van der Waals surface area contributed by atoms with Crippen LogP contribution in [0.25, 0.3) is 0 Å². The summed E-state index contributed by atoms with van der Waals surface area (Å²) in [5, 5.41) is 7.09. The average Bonchev–Trinajstić information content (AvgIpc) is 2.48. The fraction of sp³-hybridized carbons (Fsp3) is 0.562. The van der Waals surface area contributed by atoms with Crippen molar-refractivity contribution in [2.75, 3.05) is 27.2 Å². The molecule has 0 aliphatic rings. The molecule has 22 heavy (non-hydrogen) atoms. The van der Waals surface area contributed by atoms with Crippen molar-refractivity contribution in [1.29, 1.82) is 0 Å². The number of thioether (sulfide) groups is 1. The molecule has 2 N–H and O–H groups in total. The molecule has 4 nitrogen and oxygen atoms in total. The number of rotatable bonds is 7. The predicted molar refractivity (Wildman–Crippen MR) is 108 cm³/mol. The van der Waals surface area contributed by atoms with E-state index in [1.165, 1.54) is 4.90 Å². The number of methoxy groups -OCH3 is 1. The molecule has 126 valence electrons. The first-order valence-electron chi connectivity index (χ1n) is 7.18. The van der Waals surface area contributed by atoms with E-state index in [1.807, 2.05) is 31.7 Å². The van der Waals surface area contributed by atoms with E-state index >= 15 is 0 Å². The number of ether oxygens (including phenoxy) is 1. The van der Waals surface area contributed by atoms with Crippen molar-refractivity contribution in [2.24, 2.45) is 4.99 Å². The maximum absolute atomic E-state index is 5.39. The second kappa shape index (κ2) is 11.1. The highest BCUT2D eigenvalue weighted by atomic mass is 127. The molecule has 6 heteroatoms. The normalized spacial score (nSPS) is 13.2. The van der Waals surface area contributed by atoms with Crippen LogP contribution in [-0.2, 0) is 4.74 Å². The number of halogens is 1. The number of benzene rings is 1. The van der Waals surface area contributed by atoms with Crippen molar-refractivity contribution in [3.63, 3.8) is 0 Å². The summed E-state index contributed by atoms with van der Waals surface area (Å²) in [6.07, 6.45) is 0. The van der Waals surface area contributed by atoms with Gasteiger partial charge >= 0.3 is 0 Å². The molecule has 0 bridgehead atoms. The quantitative estimate of drug-likeness (QED) is 0.297. The molecule has 1 aromatic rings. The van der Waals surface area contributed by atoms with Crippen LogP contribution in [-0.4, -0.2) is 44.1 Å². The van der Waals surface area contributed by atoms with Gasteiger partial charge < -0.3 is 15.4 Å². The van der Waals surface area contributed by atoms with Gasteiger partial charge in [0.2, 0.25) is 0 Å². The summed E-state index contributed by atoms with van der Waals surface area (Å²) in [4.78, 5) is 5.52. The van der Waals surface area contributed by atoms with Gasteiger partial charge in [0.25, 0.3) is 0 Å². The molecule has 1 aromatic carbocycles. The summed E-state index contributed by atoms with van der Waals surface area (Å²) in [5.74, 6) is 0.806. The molecule has 0 heterocycles. The summed E-state index contributed by atoms with van der Waals surface area (Å²) in [6.45, 7) is 7.86. The molecule has 0 fully saturated rings. The average molecular weight is 437 g/mol. The first-order valence-corrected chi connectivity index (χ1v) is 8.06. The molecule has 1 atom stereocenters. The van der Waals surface area contributed by atoms with Crippen LogP contribution in [0.2, 0.25) is 0 Å². The molecular weight excluding hydrogens is 409 g/mol. The lowest BCUT2D eigenvalue weighted by molar-refractivity contribution is 0.0268. The molecule has 0 amide bonds. The van der Waals surface area contributed by atoms with Gasteiger partial charge in [-0.2, -0.15) is 0 Å². The SMILES string of the molecule is CN=C(NCC(C)Sc1ccccc1)NCC(C)(C)OC.I. The molecule has 0 saturated heterocycles. The van der Waals surface area contributed by atoms with E-state index in [-0.39, 0.29) is 29.6 Å². The number of nitrogens with zero attached hydrogens (tertiary/aromatic N) is 1. The molecule has 0 aliphatic carbocycles. The first kappa shape index (κ1) is 21.5. The van der Waals surface area contributed by atoms with Crippen LogP contribution >= 0.6 is 35.7 Å². The van der Waals surface area contributed by atoms with Crippen LogP contribution in [0.4, 0.5) is 0 Å². The van der Waals surface area contributed by atoms with E-state index in [0.29, 0.717) is 11.8 Å². The van der Waals surface area contributed by atoms with Crippen molar-refractivity contribution in [3.05, 3.63) is 30.3 Å². The maximum atomic E-state index is 5.39. The van der Waals surface area contributed by atoms with E-state index < -0.39 is 0 Å². The molecular formula is C16H28IN3OS. The van der Waals surface area contributed by atoms with Crippen molar-refractivity contribution in [2.45, 2.75) is 36.5 Å². The monoisotopic (exact) mass is 437 g/mol. The van der Waals surface area contributed by atoms with E-state index in [9.17, 15) is 0 Å². The van der Waals surface area contributed by atoms with Gasteiger partial charge in [-0.1, -0.05) is 25.1 Å². The highest BCUT2D eigenvalue weighted by Crippen LogP contribution is 2.21. The smallest absolute Gasteiger partial charge is 0.191 e. The van der Waals surface area contributed by atoms with Crippen LogP contribution < -0.4 is 10.6 Å². The van der Waals surface area contributed by atoms with Crippen molar-refractivity contribution >= 4 is 41.7 Å². The highest BCUT2D eigenvalue weighted by Gasteiger charge is 2.16. The number of guanidine groups is 1. The van der Waals surface area contributed by atoms with Gasteiger partial charge in [-0.15, -0.1) is 35.7 Å². The largest absolute Gasteiger partial charge is 0.377 e. The minimum Gasteiger partial charge on any atom is -0.377 e. The van der Waals surface area contributed by atoms with Gasteiger partial charge in [-0.25, -0.2) is 0 Å². The molecule has 1 rings (SSSR count). The Morgan fingerprint density at radius 2 is 1.91 bits per heavy atom. The van der Waals surface area contributed by atoms with Gasteiger partial charge in [-0.05, 0) is 26.0 Å². The Morgan fingerprint density at radius 3 is 2.45 bits per heavy atom. The number of aliphatic imine (C=N–C) groups is 1. The third-order valence-electron chi connectivity index (χ3n) is 3.10. The minimum absolute atomic E-state index is 0. The van der Waals surface area contributed by atoms with Gasteiger partial charge in [0, 0.05) is 37.4 Å². The number of hydrogen-bond donors (Lipinski definition) is 2. The lowest BCUT2D eigenvalue weighted by Crippen LogP contribution is -2.46. The predicted octanol–water partition coefficient (Wildman–Crippen LogP) is 3.38. The molecule has 0 aromatic heterocycles. The Kier molecular flexibility index (Phi) is 10.9. The Bertz CT molecular complexity index is 440. The molecule has 0 aliphatic heterocycles. The number of hydrogen-bond acceptors (Lipinski definition) is 3. The highest BCUT2D eigenvalue weighted by molar-refractivity contribution is 14.0. The van der Waals surface area contributed by atoms with Crippen molar-refractivity contribution in [3.8, 4) is 0 Å². The van der Waals surface area contributed by atoms with E-state index in [0.717, 1.165) is 12.5 Å². The van der Waals surface area contributed by atoms with Crippen LogP contribution in [0.1, 0.15) is 20.8 Å². The topological polar surface area (TPSA) is 45.7 Å². The summed E-state index contributed by atoms with van der Waals surface area (Å²) in [5.41, 5.74) is -0.206. The van der Waals surface area contributed by atoms with Gasteiger partial charge in [0.15, 0.2) is 5.96 Å². The van der Waals surface area contributed by atoms with Crippen LogP contribution in [0.3, 0.4) is 0 Å². The van der Waals surface area contributed by atoms with Crippen molar-refractivity contribution < 1.29 is 4.74 Å². The lowest BCUT2D eigenvalue weighted by atomic mass is 10.1. The van der Waals surface area contributed by atoms with E-state index in [2.05, 4.69) is 46.8 Å². The van der Waals surface area contributed by atoms with Crippen LogP contribution in [0.15, 0.2) is 40.2 Å². The Balaban J connectivity index is 0.00000441. The lowest BCUT2D eigenvalue weighted by Gasteiger charge is -2.25. The third kappa shape index (κ3) is 8.85. The fourth-order valence-electron chi connectivity index (χ4n) is 1.60. The number of nitrogens with one attached hydrogen (secondary N) is 2.